The molecule has 3 aromatic rings. The Hall–Kier alpha value is -2.69. The van der Waals surface area contributed by atoms with Gasteiger partial charge in [-0.05, 0) is 42.9 Å². The molecule has 0 amide bonds. The van der Waals surface area contributed by atoms with Gasteiger partial charge in [0.25, 0.3) is 0 Å². The van der Waals surface area contributed by atoms with Gasteiger partial charge >= 0.3 is 0 Å². The molecule has 0 unspecified atom stereocenters. The first kappa shape index (κ1) is 13.9. The summed E-state index contributed by atoms with van der Waals surface area (Å²) in [4.78, 5) is 8.12. The van der Waals surface area contributed by atoms with Gasteiger partial charge < -0.3 is 5.73 Å². The van der Waals surface area contributed by atoms with E-state index in [0.717, 1.165) is 11.1 Å². The van der Waals surface area contributed by atoms with Crippen molar-refractivity contribution in [1.29, 1.82) is 0 Å². The molecule has 0 radical (unpaired) electrons. The Kier molecular flexibility index (Phi) is 3.15. The number of hydrogen-bond donors (Lipinski definition) is 2. The van der Waals surface area contributed by atoms with Crippen LogP contribution in [0.15, 0.2) is 48.9 Å². The zero-order valence-corrected chi connectivity index (χ0v) is 13.0. The highest BCUT2D eigenvalue weighted by atomic mass is 15.1. The molecule has 4 rings (SSSR count). The maximum absolute atomic E-state index is 5.55. The predicted molar refractivity (Wildman–Crippen MR) is 89.6 cm³/mol. The third kappa shape index (κ3) is 2.38. The molecule has 1 aliphatic carbocycles. The van der Waals surface area contributed by atoms with Gasteiger partial charge in [0.1, 0.15) is 0 Å². The van der Waals surface area contributed by atoms with Crippen molar-refractivity contribution in [3.05, 3.63) is 60.2 Å². The van der Waals surface area contributed by atoms with Crippen LogP contribution < -0.4 is 5.73 Å². The molecular weight excluding hydrogens is 286 g/mol. The van der Waals surface area contributed by atoms with Crippen LogP contribution in [-0.4, -0.2) is 20.2 Å². The average Bonchev–Trinajstić information content (AvgIpc) is 3.30. The average molecular weight is 305 g/mol. The van der Waals surface area contributed by atoms with Crippen LogP contribution in [0.5, 0.6) is 0 Å². The third-order valence-electron chi connectivity index (χ3n) is 4.94. The molecule has 116 valence electrons. The fraction of sp³-hybridized carbons (Fsp3) is 0.278. The minimum atomic E-state index is -0.00730. The Morgan fingerprint density at radius 2 is 1.74 bits per heavy atom. The first-order valence-electron chi connectivity index (χ1n) is 7.86. The number of anilines is 1. The Morgan fingerprint density at radius 1 is 1.04 bits per heavy atom. The Bertz CT molecular complexity index is 788. The molecule has 0 aliphatic heterocycles. The van der Waals surface area contributed by atoms with Crippen LogP contribution in [0.2, 0.25) is 0 Å². The fourth-order valence-electron chi connectivity index (χ4n) is 3.31. The van der Waals surface area contributed by atoms with Gasteiger partial charge in [-0.25, -0.2) is 9.97 Å². The van der Waals surface area contributed by atoms with Crippen molar-refractivity contribution in [2.75, 3.05) is 5.73 Å². The lowest BCUT2D eigenvalue weighted by Crippen LogP contribution is -2.26. The summed E-state index contributed by atoms with van der Waals surface area (Å²) in [6.45, 7) is 2.31. The smallest absolute Gasteiger partial charge is 0.219 e. The molecule has 2 aromatic heterocycles. The first-order chi connectivity index (χ1) is 11.2. The summed E-state index contributed by atoms with van der Waals surface area (Å²) in [5.41, 5.74) is 10.1. The van der Waals surface area contributed by atoms with Gasteiger partial charge in [-0.3, -0.25) is 5.10 Å². The van der Waals surface area contributed by atoms with Crippen LogP contribution in [-0.2, 0) is 5.41 Å². The zero-order valence-electron chi connectivity index (χ0n) is 13.0. The van der Waals surface area contributed by atoms with Crippen molar-refractivity contribution in [2.45, 2.75) is 25.2 Å². The van der Waals surface area contributed by atoms with Crippen molar-refractivity contribution in [2.24, 2.45) is 5.92 Å². The molecule has 3 N–H and O–H groups in total. The Morgan fingerprint density at radius 3 is 2.30 bits per heavy atom. The third-order valence-corrected chi connectivity index (χ3v) is 4.94. The standard InChI is InChI=1S/C18H19N5/c1-18(15-6-7-15,16-8-9-22-23-16)14-4-2-12(3-5-14)13-10-20-17(19)21-11-13/h2-5,8-11,15H,6-7H2,1H3,(H,22,23)(H2,19,20,21)/t18-/m0/s1. The second-order valence-electron chi connectivity index (χ2n) is 6.35. The molecule has 23 heavy (non-hydrogen) atoms. The molecule has 1 fully saturated rings. The topological polar surface area (TPSA) is 80.5 Å². The van der Waals surface area contributed by atoms with E-state index in [2.05, 4.69) is 57.4 Å². The maximum atomic E-state index is 5.55. The van der Waals surface area contributed by atoms with Gasteiger partial charge in [0, 0.05) is 35.3 Å². The summed E-state index contributed by atoms with van der Waals surface area (Å²) in [5, 5.41) is 7.31. The van der Waals surface area contributed by atoms with Crippen LogP contribution in [0.3, 0.4) is 0 Å². The monoisotopic (exact) mass is 305 g/mol. The number of nitrogens with two attached hydrogens (primary N) is 1. The van der Waals surface area contributed by atoms with E-state index in [4.69, 9.17) is 5.73 Å². The quantitative estimate of drug-likeness (QED) is 0.776. The summed E-state index contributed by atoms with van der Waals surface area (Å²) >= 11 is 0. The van der Waals surface area contributed by atoms with Gasteiger partial charge in [-0.15, -0.1) is 0 Å². The van der Waals surface area contributed by atoms with Gasteiger partial charge in [-0.1, -0.05) is 24.3 Å². The van der Waals surface area contributed by atoms with Gasteiger partial charge in [0.2, 0.25) is 5.95 Å². The second kappa shape index (κ2) is 5.19. The van der Waals surface area contributed by atoms with E-state index in [-0.39, 0.29) is 5.41 Å². The summed E-state index contributed by atoms with van der Waals surface area (Å²) in [6, 6.07) is 10.7. The van der Waals surface area contributed by atoms with Crippen molar-refractivity contribution >= 4 is 5.95 Å². The second-order valence-corrected chi connectivity index (χ2v) is 6.35. The number of nitrogens with one attached hydrogen (secondary N) is 1. The summed E-state index contributed by atoms with van der Waals surface area (Å²) < 4.78 is 0. The minimum Gasteiger partial charge on any atom is -0.368 e. The van der Waals surface area contributed by atoms with E-state index in [1.807, 2.05) is 6.20 Å². The number of H-pyrrole nitrogens is 1. The number of rotatable bonds is 4. The molecule has 1 aliphatic rings. The van der Waals surface area contributed by atoms with E-state index >= 15 is 0 Å². The van der Waals surface area contributed by atoms with E-state index < -0.39 is 0 Å². The lowest BCUT2D eigenvalue weighted by Gasteiger charge is -2.29. The molecule has 1 saturated carbocycles. The highest BCUT2D eigenvalue weighted by Crippen LogP contribution is 2.50. The molecule has 5 nitrogen and oxygen atoms in total. The predicted octanol–water partition coefficient (Wildman–Crippen LogP) is 3.16. The van der Waals surface area contributed by atoms with Crippen LogP contribution in [0.1, 0.15) is 31.0 Å². The lowest BCUT2D eigenvalue weighted by atomic mass is 9.75. The maximum Gasteiger partial charge on any atom is 0.219 e. The zero-order chi connectivity index (χ0) is 15.9. The largest absolute Gasteiger partial charge is 0.368 e. The van der Waals surface area contributed by atoms with Crippen molar-refractivity contribution < 1.29 is 0 Å². The van der Waals surface area contributed by atoms with Gasteiger partial charge in [-0.2, -0.15) is 5.10 Å². The highest BCUT2D eigenvalue weighted by molar-refractivity contribution is 5.62. The Balaban J connectivity index is 1.71. The van der Waals surface area contributed by atoms with E-state index in [1.54, 1.807) is 12.4 Å². The van der Waals surface area contributed by atoms with Crippen LogP contribution in [0.25, 0.3) is 11.1 Å². The normalized spacial score (nSPS) is 16.9. The van der Waals surface area contributed by atoms with E-state index in [9.17, 15) is 0 Å². The first-order valence-corrected chi connectivity index (χ1v) is 7.86. The number of aromatic amines is 1. The van der Waals surface area contributed by atoms with Crippen LogP contribution in [0, 0.1) is 5.92 Å². The minimum absolute atomic E-state index is 0.00730. The highest BCUT2D eigenvalue weighted by Gasteiger charge is 2.44. The molecule has 0 saturated heterocycles. The number of nitrogens with zero attached hydrogens (tertiary/aromatic N) is 3. The number of benzene rings is 1. The van der Waals surface area contributed by atoms with Crippen molar-refractivity contribution in [3.63, 3.8) is 0 Å². The molecular formula is C18H19N5. The lowest BCUT2D eigenvalue weighted by molar-refractivity contribution is 0.479. The van der Waals surface area contributed by atoms with E-state index in [0.29, 0.717) is 11.9 Å². The van der Waals surface area contributed by atoms with Crippen molar-refractivity contribution in [1.82, 2.24) is 20.2 Å². The fourth-order valence-corrected chi connectivity index (χ4v) is 3.31. The van der Waals surface area contributed by atoms with Gasteiger partial charge in [0.05, 0.1) is 0 Å². The number of nitrogen functional groups attached to an aromatic ring is 1. The van der Waals surface area contributed by atoms with Crippen molar-refractivity contribution in [3.8, 4) is 11.1 Å². The molecule has 0 bridgehead atoms. The molecule has 1 atom stereocenters. The van der Waals surface area contributed by atoms with Crippen LogP contribution >= 0.6 is 0 Å². The van der Waals surface area contributed by atoms with E-state index in [1.165, 1.54) is 24.1 Å². The summed E-state index contributed by atoms with van der Waals surface area (Å²) in [7, 11) is 0. The molecule has 1 aromatic carbocycles. The molecule has 5 heteroatoms. The Labute approximate surface area is 135 Å². The summed E-state index contributed by atoms with van der Waals surface area (Å²) in [6.07, 6.45) is 7.88. The number of aromatic nitrogens is 4. The SMILES string of the molecule is C[C@@](c1ccc(-c2cnc(N)nc2)cc1)(c1ccn[nH]1)C1CC1. The molecule has 0 spiro atoms. The number of hydrogen-bond acceptors (Lipinski definition) is 4. The van der Waals surface area contributed by atoms with Crippen LogP contribution in [0.4, 0.5) is 5.95 Å². The summed E-state index contributed by atoms with van der Waals surface area (Å²) in [5.74, 6) is 0.972. The molecule has 2 heterocycles. The van der Waals surface area contributed by atoms with Gasteiger partial charge in [0.15, 0.2) is 0 Å².